The maximum Gasteiger partial charge on any atom is 0.137 e. The molecule has 0 amide bonds. The van der Waals surface area contributed by atoms with E-state index < -0.39 is 0 Å². The number of ether oxygens (including phenoxy) is 1. The van der Waals surface area contributed by atoms with E-state index in [1.807, 2.05) is 0 Å². The summed E-state index contributed by atoms with van der Waals surface area (Å²) in [6, 6.07) is 8.46. The normalized spacial score (nSPS) is 34.1. The highest BCUT2D eigenvalue weighted by molar-refractivity contribution is 6.12. The smallest absolute Gasteiger partial charge is 0.137 e. The van der Waals surface area contributed by atoms with Gasteiger partial charge in [0.15, 0.2) is 0 Å². The Labute approximate surface area is 88.0 Å². The first-order valence-electron chi connectivity index (χ1n) is 5.27. The standard InChI is InChI=1S/C13H11NO/c14-7-13-11(15-13)6-5-10-8-3-1-2-4-9(8)12(10)13/h1-6,11H,7,14H2. The summed E-state index contributed by atoms with van der Waals surface area (Å²) >= 11 is 0. The molecular weight excluding hydrogens is 186 g/mol. The van der Waals surface area contributed by atoms with Crippen molar-refractivity contribution in [3.63, 3.8) is 0 Å². The minimum absolute atomic E-state index is 0.182. The van der Waals surface area contributed by atoms with Crippen LogP contribution in [0.1, 0.15) is 11.1 Å². The van der Waals surface area contributed by atoms with Crippen LogP contribution in [0, 0.1) is 0 Å². The molecule has 1 saturated heterocycles. The van der Waals surface area contributed by atoms with Gasteiger partial charge in [-0.15, -0.1) is 0 Å². The summed E-state index contributed by atoms with van der Waals surface area (Å²) in [5, 5.41) is 0. The molecule has 3 aliphatic rings. The number of hydrogen-bond donors (Lipinski definition) is 1. The Morgan fingerprint density at radius 1 is 1.27 bits per heavy atom. The average Bonchev–Trinajstić information content (AvgIpc) is 2.97. The Kier molecular flexibility index (Phi) is 1.17. The molecule has 0 spiro atoms. The largest absolute Gasteiger partial charge is 0.355 e. The van der Waals surface area contributed by atoms with Crippen LogP contribution < -0.4 is 5.73 Å². The highest BCUT2D eigenvalue weighted by Gasteiger charge is 2.61. The summed E-state index contributed by atoms with van der Waals surface area (Å²) in [6.45, 7) is 0.579. The third-order valence-corrected chi connectivity index (χ3v) is 3.66. The third kappa shape index (κ3) is 0.715. The van der Waals surface area contributed by atoms with E-state index in [9.17, 15) is 0 Å². The van der Waals surface area contributed by atoms with Gasteiger partial charge in [0.05, 0.1) is 0 Å². The van der Waals surface area contributed by atoms with Crippen LogP contribution in [-0.2, 0) is 4.74 Å². The molecule has 0 radical (unpaired) electrons. The van der Waals surface area contributed by atoms with Crippen molar-refractivity contribution in [3.05, 3.63) is 47.5 Å². The van der Waals surface area contributed by atoms with E-state index in [1.54, 1.807) is 0 Å². The van der Waals surface area contributed by atoms with E-state index in [0.29, 0.717) is 6.54 Å². The summed E-state index contributed by atoms with van der Waals surface area (Å²) in [5.74, 6) is 0. The monoisotopic (exact) mass is 197 g/mol. The van der Waals surface area contributed by atoms with Crippen LogP contribution in [0.25, 0.3) is 11.1 Å². The van der Waals surface area contributed by atoms with Crippen LogP contribution in [0.15, 0.2) is 36.4 Å². The van der Waals surface area contributed by atoms with Gasteiger partial charge in [-0.25, -0.2) is 0 Å². The first-order valence-corrected chi connectivity index (χ1v) is 5.27. The summed E-state index contributed by atoms with van der Waals surface area (Å²) in [6.07, 6.45) is 4.51. The molecule has 2 aliphatic carbocycles. The highest BCUT2D eigenvalue weighted by Crippen LogP contribution is 2.59. The number of epoxide rings is 1. The second-order valence-corrected chi connectivity index (χ2v) is 4.33. The molecule has 2 atom stereocenters. The van der Waals surface area contributed by atoms with Crippen LogP contribution >= 0.6 is 0 Å². The van der Waals surface area contributed by atoms with Crippen LogP contribution in [0.3, 0.4) is 0 Å². The van der Waals surface area contributed by atoms with E-state index in [-0.39, 0.29) is 11.7 Å². The molecular formula is C13H11NO. The molecule has 2 nitrogen and oxygen atoms in total. The number of benzene rings is 1. The van der Waals surface area contributed by atoms with E-state index >= 15 is 0 Å². The van der Waals surface area contributed by atoms with E-state index in [1.165, 1.54) is 22.3 Å². The Morgan fingerprint density at radius 2 is 2.07 bits per heavy atom. The second kappa shape index (κ2) is 2.23. The minimum Gasteiger partial charge on any atom is -0.355 e. The molecule has 2 N–H and O–H groups in total. The van der Waals surface area contributed by atoms with Crippen molar-refractivity contribution in [2.75, 3.05) is 6.54 Å². The highest BCUT2D eigenvalue weighted by atomic mass is 16.6. The molecule has 2 unspecified atom stereocenters. The van der Waals surface area contributed by atoms with Crippen molar-refractivity contribution in [1.29, 1.82) is 0 Å². The quantitative estimate of drug-likeness (QED) is 0.694. The topological polar surface area (TPSA) is 38.5 Å². The van der Waals surface area contributed by atoms with Gasteiger partial charge >= 0.3 is 0 Å². The van der Waals surface area contributed by atoms with Crippen molar-refractivity contribution in [3.8, 4) is 0 Å². The third-order valence-electron chi connectivity index (χ3n) is 3.66. The zero-order valence-corrected chi connectivity index (χ0v) is 8.23. The van der Waals surface area contributed by atoms with Gasteiger partial charge in [-0.05, 0) is 16.7 Å². The minimum atomic E-state index is -0.182. The Bertz CT molecular complexity index is 529. The van der Waals surface area contributed by atoms with Gasteiger partial charge in [0, 0.05) is 12.1 Å². The van der Waals surface area contributed by atoms with Gasteiger partial charge in [-0.1, -0.05) is 36.4 Å². The first-order chi connectivity index (χ1) is 7.37. The lowest BCUT2D eigenvalue weighted by Gasteiger charge is -2.32. The lowest BCUT2D eigenvalue weighted by molar-refractivity contribution is 0.352. The molecule has 0 saturated carbocycles. The van der Waals surface area contributed by atoms with Crippen LogP contribution in [0.4, 0.5) is 0 Å². The van der Waals surface area contributed by atoms with Crippen molar-refractivity contribution in [2.45, 2.75) is 11.7 Å². The zero-order valence-electron chi connectivity index (χ0n) is 8.23. The molecule has 4 rings (SSSR count). The molecule has 74 valence electrons. The summed E-state index contributed by atoms with van der Waals surface area (Å²) in [7, 11) is 0. The number of fused-ring (bicyclic) bond motifs is 5. The zero-order chi connectivity index (χ0) is 10.0. The average molecular weight is 197 g/mol. The van der Waals surface area contributed by atoms with Gasteiger partial charge in [0.25, 0.3) is 0 Å². The summed E-state index contributed by atoms with van der Waals surface area (Å²) in [5.41, 5.74) is 11.0. The number of allylic oxidation sites excluding steroid dienone is 2. The molecule has 1 aliphatic heterocycles. The lowest BCUT2D eigenvalue weighted by Crippen LogP contribution is -2.33. The molecule has 0 bridgehead atoms. The van der Waals surface area contributed by atoms with Gasteiger partial charge in [-0.2, -0.15) is 0 Å². The number of rotatable bonds is 1. The molecule has 2 heteroatoms. The van der Waals surface area contributed by atoms with Crippen LogP contribution in [0.2, 0.25) is 0 Å². The van der Waals surface area contributed by atoms with E-state index in [4.69, 9.17) is 10.5 Å². The van der Waals surface area contributed by atoms with Crippen molar-refractivity contribution in [2.24, 2.45) is 5.73 Å². The molecule has 1 heterocycles. The van der Waals surface area contributed by atoms with Crippen LogP contribution in [-0.4, -0.2) is 18.2 Å². The fraction of sp³-hybridized carbons (Fsp3) is 0.231. The first kappa shape index (κ1) is 7.85. The Morgan fingerprint density at radius 3 is 2.87 bits per heavy atom. The Hall–Kier alpha value is -1.38. The fourth-order valence-electron chi connectivity index (χ4n) is 2.82. The van der Waals surface area contributed by atoms with Gasteiger partial charge in [0.2, 0.25) is 0 Å². The summed E-state index contributed by atoms with van der Waals surface area (Å²) in [4.78, 5) is 0. The number of nitrogens with two attached hydrogens (primary N) is 1. The number of hydrogen-bond acceptors (Lipinski definition) is 2. The Balaban J connectivity index is 1.94. The fourth-order valence-corrected chi connectivity index (χ4v) is 2.82. The molecule has 1 fully saturated rings. The maximum absolute atomic E-state index is 5.83. The lowest BCUT2D eigenvalue weighted by atomic mass is 9.70. The van der Waals surface area contributed by atoms with Crippen molar-refractivity contribution >= 4 is 11.1 Å². The van der Waals surface area contributed by atoms with Gasteiger partial charge in [-0.3, -0.25) is 0 Å². The molecule has 15 heavy (non-hydrogen) atoms. The summed E-state index contributed by atoms with van der Waals surface area (Å²) < 4.78 is 5.74. The van der Waals surface area contributed by atoms with Gasteiger partial charge < -0.3 is 10.5 Å². The second-order valence-electron chi connectivity index (χ2n) is 4.33. The predicted octanol–water partition coefficient (Wildman–Crippen LogP) is 1.58. The molecule has 1 aromatic carbocycles. The SMILES string of the molecule is NCC12OC1C=CC1=C2c2ccccc21. The van der Waals surface area contributed by atoms with Crippen LogP contribution in [0.5, 0.6) is 0 Å². The van der Waals surface area contributed by atoms with E-state index in [2.05, 4.69) is 36.4 Å². The maximum atomic E-state index is 5.83. The molecule has 0 aromatic heterocycles. The predicted molar refractivity (Wildman–Crippen MR) is 59.1 cm³/mol. The van der Waals surface area contributed by atoms with Crippen molar-refractivity contribution in [1.82, 2.24) is 0 Å². The van der Waals surface area contributed by atoms with E-state index in [0.717, 1.165) is 0 Å². The molecule has 1 aromatic rings. The van der Waals surface area contributed by atoms with Crippen molar-refractivity contribution < 1.29 is 4.74 Å². The van der Waals surface area contributed by atoms with Gasteiger partial charge in [0.1, 0.15) is 11.7 Å².